The Balaban J connectivity index is 1.66. The van der Waals surface area contributed by atoms with E-state index in [9.17, 15) is 14.4 Å². The fraction of sp³-hybridized carbons (Fsp3) is 0.192. The summed E-state index contributed by atoms with van der Waals surface area (Å²) in [6, 6.07) is 22.1. The lowest BCUT2D eigenvalue weighted by atomic mass is 10.1. The fourth-order valence-electron chi connectivity index (χ4n) is 3.06. The molecule has 0 aliphatic rings. The van der Waals surface area contributed by atoms with Crippen molar-refractivity contribution in [3.63, 3.8) is 0 Å². The second-order valence-corrected chi connectivity index (χ2v) is 7.09. The zero-order valence-electron chi connectivity index (χ0n) is 18.4. The van der Waals surface area contributed by atoms with Crippen molar-refractivity contribution in [2.45, 2.75) is 19.4 Å². The number of esters is 1. The van der Waals surface area contributed by atoms with E-state index in [2.05, 4.69) is 5.32 Å². The van der Waals surface area contributed by atoms with Crippen LogP contribution in [0.1, 0.15) is 35.4 Å². The van der Waals surface area contributed by atoms with Crippen LogP contribution in [0.2, 0.25) is 0 Å². The molecule has 0 spiro atoms. The van der Waals surface area contributed by atoms with Crippen molar-refractivity contribution in [2.75, 3.05) is 19.0 Å². The van der Waals surface area contributed by atoms with E-state index in [1.54, 1.807) is 85.8 Å². The SMILES string of the molecule is CCC(=O)c1ccc(OCC(=O)OC(C(=O)Nc2cccc(OC)c2)c2ccccc2)cc1. The number of carbonyl (C=O) groups is 3. The van der Waals surface area contributed by atoms with Gasteiger partial charge >= 0.3 is 5.97 Å². The van der Waals surface area contributed by atoms with Gasteiger partial charge in [-0.2, -0.15) is 0 Å². The molecule has 170 valence electrons. The smallest absolute Gasteiger partial charge is 0.345 e. The number of methoxy groups -OCH3 is 1. The van der Waals surface area contributed by atoms with E-state index in [4.69, 9.17) is 14.2 Å². The number of carbonyl (C=O) groups excluding carboxylic acids is 3. The van der Waals surface area contributed by atoms with E-state index in [-0.39, 0.29) is 5.78 Å². The zero-order chi connectivity index (χ0) is 23.6. The van der Waals surface area contributed by atoms with E-state index in [1.165, 1.54) is 7.11 Å². The predicted molar refractivity (Wildman–Crippen MR) is 123 cm³/mol. The Bertz CT molecular complexity index is 1100. The second-order valence-electron chi connectivity index (χ2n) is 7.09. The average molecular weight is 447 g/mol. The van der Waals surface area contributed by atoms with Crippen LogP contribution in [-0.2, 0) is 14.3 Å². The summed E-state index contributed by atoms with van der Waals surface area (Å²) in [5.74, 6) is -0.199. The summed E-state index contributed by atoms with van der Waals surface area (Å²) in [4.78, 5) is 37.1. The molecule has 0 aromatic heterocycles. The Morgan fingerprint density at radius 1 is 0.879 bits per heavy atom. The Hall–Kier alpha value is -4.13. The molecule has 0 saturated carbocycles. The van der Waals surface area contributed by atoms with Crippen LogP contribution in [0.3, 0.4) is 0 Å². The molecule has 3 aromatic rings. The van der Waals surface area contributed by atoms with Gasteiger partial charge in [0, 0.05) is 29.3 Å². The maximum Gasteiger partial charge on any atom is 0.345 e. The molecule has 0 saturated heterocycles. The van der Waals surface area contributed by atoms with Crippen LogP contribution < -0.4 is 14.8 Å². The molecule has 0 bridgehead atoms. The molecule has 3 aromatic carbocycles. The summed E-state index contributed by atoms with van der Waals surface area (Å²) in [5, 5.41) is 2.75. The number of ether oxygens (including phenoxy) is 3. The molecule has 1 atom stereocenters. The predicted octanol–water partition coefficient (Wildman–Crippen LogP) is 4.59. The third-order valence-electron chi connectivity index (χ3n) is 4.78. The Morgan fingerprint density at radius 2 is 1.61 bits per heavy atom. The maximum atomic E-state index is 13.0. The molecule has 7 heteroatoms. The Kier molecular flexibility index (Phi) is 8.18. The number of Topliss-reactive ketones (excluding diaryl/α,β-unsaturated/α-hetero) is 1. The monoisotopic (exact) mass is 447 g/mol. The molecule has 33 heavy (non-hydrogen) atoms. The van der Waals surface area contributed by atoms with Gasteiger partial charge in [0.15, 0.2) is 12.4 Å². The molecule has 0 radical (unpaired) electrons. The van der Waals surface area contributed by atoms with Gasteiger partial charge in [0.1, 0.15) is 11.5 Å². The number of rotatable bonds is 10. The normalized spacial score (nSPS) is 11.2. The van der Waals surface area contributed by atoms with Crippen LogP contribution in [0.15, 0.2) is 78.9 Å². The third-order valence-corrected chi connectivity index (χ3v) is 4.78. The maximum absolute atomic E-state index is 13.0. The lowest BCUT2D eigenvalue weighted by molar-refractivity contribution is -0.156. The highest BCUT2D eigenvalue weighted by Crippen LogP contribution is 2.23. The highest BCUT2D eigenvalue weighted by molar-refractivity contribution is 5.96. The van der Waals surface area contributed by atoms with Crippen molar-refractivity contribution >= 4 is 23.3 Å². The second kappa shape index (κ2) is 11.5. The van der Waals surface area contributed by atoms with Crippen molar-refractivity contribution in [1.29, 1.82) is 0 Å². The lowest BCUT2D eigenvalue weighted by Crippen LogP contribution is -2.28. The van der Waals surface area contributed by atoms with Crippen molar-refractivity contribution < 1.29 is 28.6 Å². The standard InChI is InChI=1S/C26H25NO6/c1-3-23(28)18-12-14-21(15-13-18)32-17-24(29)33-25(19-8-5-4-6-9-19)26(30)27-20-10-7-11-22(16-20)31-2/h4-16,25H,3,17H2,1-2H3,(H,27,30). The van der Waals surface area contributed by atoms with Gasteiger partial charge in [-0.3, -0.25) is 9.59 Å². The van der Waals surface area contributed by atoms with E-state index in [1.807, 2.05) is 0 Å². The summed E-state index contributed by atoms with van der Waals surface area (Å²) < 4.78 is 16.1. The first-order chi connectivity index (χ1) is 16.0. The minimum absolute atomic E-state index is 0.0220. The molecule has 1 unspecified atom stereocenters. The topological polar surface area (TPSA) is 90.9 Å². The van der Waals surface area contributed by atoms with Gasteiger partial charge in [-0.05, 0) is 36.4 Å². The van der Waals surface area contributed by atoms with Gasteiger partial charge in [-0.1, -0.05) is 43.3 Å². The van der Waals surface area contributed by atoms with Gasteiger partial charge in [0.05, 0.1) is 7.11 Å². The molecule has 1 N–H and O–H groups in total. The molecule has 0 aliphatic heterocycles. The zero-order valence-corrected chi connectivity index (χ0v) is 18.4. The van der Waals surface area contributed by atoms with Gasteiger partial charge in [-0.25, -0.2) is 4.79 Å². The molecule has 0 heterocycles. The molecule has 7 nitrogen and oxygen atoms in total. The fourth-order valence-corrected chi connectivity index (χ4v) is 3.06. The molecular weight excluding hydrogens is 422 g/mol. The van der Waals surface area contributed by atoms with Crippen LogP contribution in [0.4, 0.5) is 5.69 Å². The van der Waals surface area contributed by atoms with Crippen LogP contribution in [-0.4, -0.2) is 31.4 Å². The van der Waals surface area contributed by atoms with Gasteiger partial charge in [0.2, 0.25) is 6.10 Å². The Morgan fingerprint density at radius 3 is 2.27 bits per heavy atom. The van der Waals surface area contributed by atoms with E-state index < -0.39 is 24.6 Å². The first-order valence-electron chi connectivity index (χ1n) is 10.5. The van der Waals surface area contributed by atoms with Crippen LogP contribution >= 0.6 is 0 Å². The number of benzene rings is 3. The summed E-state index contributed by atoms with van der Waals surface area (Å²) in [6.07, 6.45) is -0.761. The van der Waals surface area contributed by atoms with Crippen molar-refractivity contribution in [3.05, 3.63) is 90.0 Å². The number of anilines is 1. The minimum Gasteiger partial charge on any atom is -0.497 e. The number of amides is 1. The molecule has 0 fully saturated rings. The van der Waals surface area contributed by atoms with Crippen molar-refractivity contribution in [2.24, 2.45) is 0 Å². The molecule has 1 amide bonds. The summed E-state index contributed by atoms with van der Waals surface area (Å²) >= 11 is 0. The van der Waals surface area contributed by atoms with Gasteiger partial charge < -0.3 is 19.5 Å². The van der Waals surface area contributed by atoms with Gasteiger partial charge in [-0.15, -0.1) is 0 Å². The summed E-state index contributed by atoms with van der Waals surface area (Å²) in [7, 11) is 1.53. The highest BCUT2D eigenvalue weighted by Gasteiger charge is 2.25. The average Bonchev–Trinajstić information content (AvgIpc) is 2.86. The van der Waals surface area contributed by atoms with E-state index in [0.717, 1.165) is 0 Å². The van der Waals surface area contributed by atoms with Crippen LogP contribution in [0, 0.1) is 0 Å². The highest BCUT2D eigenvalue weighted by atomic mass is 16.6. The summed E-state index contributed by atoms with van der Waals surface area (Å²) in [5.41, 5.74) is 1.61. The molecule has 0 aliphatic carbocycles. The first-order valence-corrected chi connectivity index (χ1v) is 10.5. The van der Waals surface area contributed by atoms with Crippen molar-refractivity contribution in [1.82, 2.24) is 0 Å². The minimum atomic E-state index is -1.17. The number of hydrogen-bond donors (Lipinski definition) is 1. The van der Waals surface area contributed by atoms with Gasteiger partial charge in [0.25, 0.3) is 5.91 Å². The van der Waals surface area contributed by atoms with E-state index in [0.29, 0.717) is 34.7 Å². The first kappa shape index (κ1) is 23.5. The van der Waals surface area contributed by atoms with Crippen LogP contribution in [0.25, 0.3) is 0 Å². The van der Waals surface area contributed by atoms with Crippen LogP contribution in [0.5, 0.6) is 11.5 Å². The molecule has 3 rings (SSSR count). The van der Waals surface area contributed by atoms with Crippen molar-refractivity contribution in [3.8, 4) is 11.5 Å². The van der Waals surface area contributed by atoms with E-state index >= 15 is 0 Å². The summed E-state index contributed by atoms with van der Waals surface area (Å²) in [6.45, 7) is 1.40. The Labute approximate surface area is 192 Å². The number of hydrogen-bond acceptors (Lipinski definition) is 6. The number of nitrogens with one attached hydrogen (secondary N) is 1. The third kappa shape index (κ3) is 6.67. The lowest BCUT2D eigenvalue weighted by Gasteiger charge is -2.18. The number of ketones is 1. The molecular formula is C26H25NO6. The quantitative estimate of drug-likeness (QED) is 0.361. The largest absolute Gasteiger partial charge is 0.497 e.